The summed E-state index contributed by atoms with van der Waals surface area (Å²) in [7, 11) is 0. The molecule has 2 heterocycles. The summed E-state index contributed by atoms with van der Waals surface area (Å²) >= 11 is 2.86. The quantitative estimate of drug-likeness (QED) is 0.435. The summed E-state index contributed by atoms with van der Waals surface area (Å²) in [4.78, 5) is 30.7. The van der Waals surface area contributed by atoms with E-state index in [1.54, 1.807) is 6.20 Å². The van der Waals surface area contributed by atoms with Gasteiger partial charge in [0.2, 0.25) is 5.91 Å². The van der Waals surface area contributed by atoms with Gasteiger partial charge in [-0.25, -0.2) is 4.98 Å². The van der Waals surface area contributed by atoms with Crippen LogP contribution in [0.25, 0.3) is 4.96 Å². The van der Waals surface area contributed by atoms with Crippen molar-refractivity contribution < 1.29 is 9.53 Å². The van der Waals surface area contributed by atoms with Crippen molar-refractivity contribution in [2.75, 3.05) is 11.1 Å². The Morgan fingerprint density at radius 3 is 2.87 bits per heavy atom. The van der Waals surface area contributed by atoms with Crippen molar-refractivity contribution in [2.45, 2.75) is 18.4 Å². The van der Waals surface area contributed by atoms with Crippen LogP contribution in [0.3, 0.4) is 0 Å². The fourth-order valence-electron chi connectivity index (χ4n) is 2.82. The van der Waals surface area contributed by atoms with Gasteiger partial charge >= 0.3 is 0 Å². The molecule has 4 aromatic rings. The fraction of sp³-hybridized carbons (Fsp3) is 0.136. The standard InChI is InChI=1S/C22H19N3O3S2/c1-15-7-8-18(24-20(26)14-30-17-5-3-2-4-6-17)19(11-15)28-13-16-12-21(27)25-9-10-29-22(25)23-16/h2-12H,13-14H2,1H3,(H,24,26). The first-order valence-electron chi connectivity index (χ1n) is 9.25. The second-order valence-corrected chi connectivity index (χ2v) is 8.50. The van der Waals surface area contributed by atoms with Crippen LogP contribution in [0, 0.1) is 6.92 Å². The smallest absolute Gasteiger partial charge is 0.258 e. The molecule has 0 aliphatic rings. The van der Waals surface area contributed by atoms with E-state index in [4.69, 9.17) is 4.74 Å². The molecule has 0 bridgehead atoms. The average molecular weight is 438 g/mol. The van der Waals surface area contributed by atoms with Crippen LogP contribution in [-0.2, 0) is 11.4 Å². The van der Waals surface area contributed by atoms with E-state index in [-0.39, 0.29) is 18.1 Å². The van der Waals surface area contributed by atoms with E-state index in [2.05, 4.69) is 10.3 Å². The molecular weight excluding hydrogens is 418 g/mol. The highest BCUT2D eigenvalue weighted by molar-refractivity contribution is 8.00. The average Bonchev–Trinajstić information content (AvgIpc) is 3.22. The van der Waals surface area contributed by atoms with Crippen LogP contribution >= 0.6 is 23.1 Å². The number of hydrogen-bond acceptors (Lipinski definition) is 6. The number of nitrogens with zero attached hydrogens (tertiary/aromatic N) is 2. The Balaban J connectivity index is 1.44. The second-order valence-electron chi connectivity index (χ2n) is 6.58. The Hall–Kier alpha value is -3.10. The van der Waals surface area contributed by atoms with Crippen molar-refractivity contribution in [2.24, 2.45) is 0 Å². The Kier molecular flexibility index (Phi) is 6.15. The van der Waals surface area contributed by atoms with E-state index in [1.807, 2.05) is 60.8 Å². The normalized spacial score (nSPS) is 10.8. The lowest BCUT2D eigenvalue weighted by molar-refractivity contribution is -0.113. The van der Waals surface area contributed by atoms with Gasteiger partial charge in [0, 0.05) is 22.5 Å². The third-order valence-electron chi connectivity index (χ3n) is 4.26. The molecule has 152 valence electrons. The van der Waals surface area contributed by atoms with E-state index in [9.17, 15) is 9.59 Å². The number of anilines is 1. The lowest BCUT2D eigenvalue weighted by atomic mass is 10.2. The topological polar surface area (TPSA) is 72.7 Å². The molecule has 1 N–H and O–H groups in total. The number of aromatic nitrogens is 2. The van der Waals surface area contributed by atoms with E-state index >= 15 is 0 Å². The first-order chi connectivity index (χ1) is 14.6. The molecule has 30 heavy (non-hydrogen) atoms. The number of amides is 1. The Morgan fingerprint density at radius 2 is 2.03 bits per heavy atom. The Morgan fingerprint density at radius 1 is 1.20 bits per heavy atom. The van der Waals surface area contributed by atoms with Gasteiger partial charge in [0.1, 0.15) is 12.4 Å². The fourth-order valence-corrected chi connectivity index (χ4v) is 4.28. The van der Waals surface area contributed by atoms with E-state index in [1.165, 1.54) is 33.6 Å². The molecule has 0 atom stereocenters. The van der Waals surface area contributed by atoms with Gasteiger partial charge in [-0.3, -0.25) is 14.0 Å². The van der Waals surface area contributed by atoms with Crippen molar-refractivity contribution in [3.63, 3.8) is 0 Å². The number of hydrogen-bond donors (Lipinski definition) is 1. The number of nitrogens with one attached hydrogen (secondary N) is 1. The summed E-state index contributed by atoms with van der Waals surface area (Å²) in [5, 5.41) is 4.73. The first kappa shape index (κ1) is 20.2. The first-order valence-corrected chi connectivity index (χ1v) is 11.1. The number of benzene rings is 2. The van der Waals surface area contributed by atoms with Gasteiger partial charge in [-0.2, -0.15) is 0 Å². The van der Waals surface area contributed by atoms with E-state index in [0.717, 1.165) is 10.5 Å². The SMILES string of the molecule is Cc1ccc(NC(=O)CSc2ccccc2)c(OCc2cc(=O)n3ccsc3n2)c1. The number of aryl methyl sites for hydroxylation is 1. The molecule has 1 amide bonds. The molecule has 0 spiro atoms. The number of carbonyl (C=O) groups excluding carboxylic acids is 1. The predicted molar refractivity (Wildman–Crippen MR) is 121 cm³/mol. The summed E-state index contributed by atoms with van der Waals surface area (Å²) < 4.78 is 7.42. The molecule has 6 nitrogen and oxygen atoms in total. The van der Waals surface area contributed by atoms with Gasteiger partial charge < -0.3 is 10.1 Å². The minimum atomic E-state index is -0.143. The molecule has 0 unspecified atom stereocenters. The van der Waals surface area contributed by atoms with E-state index < -0.39 is 0 Å². The second kappa shape index (κ2) is 9.15. The number of thiazole rings is 1. The minimum absolute atomic E-state index is 0.117. The van der Waals surface area contributed by atoms with Crippen LogP contribution in [0.5, 0.6) is 5.75 Å². The summed E-state index contributed by atoms with van der Waals surface area (Å²) in [6, 6.07) is 16.8. The number of ether oxygens (including phenoxy) is 1. The largest absolute Gasteiger partial charge is 0.485 e. The third kappa shape index (κ3) is 4.90. The number of thioether (sulfide) groups is 1. The van der Waals surface area contributed by atoms with Crippen molar-refractivity contribution in [1.29, 1.82) is 0 Å². The number of rotatable bonds is 7. The van der Waals surface area contributed by atoms with E-state index in [0.29, 0.717) is 27.8 Å². The lowest BCUT2D eigenvalue weighted by Gasteiger charge is -2.13. The van der Waals surface area contributed by atoms with Crippen LogP contribution in [0.4, 0.5) is 5.69 Å². The van der Waals surface area contributed by atoms with Crippen molar-refractivity contribution in [3.8, 4) is 5.75 Å². The van der Waals surface area contributed by atoms with Crippen LogP contribution < -0.4 is 15.6 Å². The van der Waals surface area contributed by atoms with Gasteiger partial charge in [-0.15, -0.1) is 23.1 Å². The van der Waals surface area contributed by atoms with Gasteiger partial charge in [-0.05, 0) is 36.8 Å². The highest BCUT2D eigenvalue weighted by atomic mass is 32.2. The number of fused-ring (bicyclic) bond motifs is 1. The molecule has 0 fully saturated rings. The van der Waals surface area contributed by atoms with Crippen LogP contribution in [0.15, 0.2) is 75.9 Å². The Bertz CT molecular complexity index is 1240. The highest BCUT2D eigenvalue weighted by Gasteiger charge is 2.11. The molecule has 4 rings (SSSR count). The van der Waals surface area contributed by atoms with Crippen molar-refractivity contribution in [1.82, 2.24) is 9.38 Å². The zero-order chi connectivity index (χ0) is 20.9. The third-order valence-corrected chi connectivity index (χ3v) is 6.02. The van der Waals surface area contributed by atoms with Gasteiger partial charge in [-0.1, -0.05) is 24.3 Å². The molecule has 0 aliphatic heterocycles. The minimum Gasteiger partial charge on any atom is -0.485 e. The summed E-state index contributed by atoms with van der Waals surface area (Å²) in [6.07, 6.45) is 1.70. The monoisotopic (exact) mass is 437 g/mol. The van der Waals surface area contributed by atoms with Crippen LogP contribution in [-0.4, -0.2) is 21.0 Å². The molecule has 0 saturated heterocycles. The molecule has 2 aromatic carbocycles. The molecule has 2 aromatic heterocycles. The predicted octanol–water partition coefficient (Wildman–Crippen LogP) is 4.37. The molecule has 0 radical (unpaired) electrons. The zero-order valence-electron chi connectivity index (χ0n) is 16.2. The maximum atomic E-state index is 12.4. The van der Waals surface area contributed by atoms with Gasteiger partial charge in [0.15, 0.2) is 4.96 Å². The molecule has 8 heteroatoms. The van der Waals surface area contributed by atoms with Crippen LogP contribution in [0.1, 0.15) is 11.3 Å². The van der Waals surface area contributed by atoms with Gasteiger partial charge in [0.05, 0.1) is 17.1 Å². The maximum absolute atomic E-state index is 12.4. The van der Waals surface area contributed by atoms with Crippen LogP contribution in [0.2, 0.25) is 0 Å². The summed E-state index contributed by atoms with van der Waals surface area (Å²) in [6.45, 7) is 2.08. The van der Waals surface area contributed by atoms with Crippen molar-refractivity contribution >= 4 is 39.7 Å². The summed E-state index contributed by atoms with van der Waals surface area (Å²) in [5.74, 6) is 0.722. The highest BCUT2D eigenvalue weighted by Crippen LogP contribution is 2.27. The summed E-state index contributed by atoms with van der Waals surface area (Å²) in [5.41, 5.74) is 1.99. The molecule has 0 saturated carbocycles. The molecular formula is C22H19N3O3S2. The number of carbonyl (C=O) groups is 1. The maximum Gasteiger partial charge on any atom is 0.258 e. The van der Waals surface area contributed by atoms with Gasteiger partial charge in [0.25, 0.3) is 5.56 Å². The Labute approximate surface area is 181 Å². The zero-order valence-corrected chi connectivity index (χ0v) is 17.8. The molecule has 0 aliphatic carbocycles. The lowest BCUT2D eigenvalue weighted by Crippen LogP contribution is -2.16. The van der Waals surface area contributed by atoms with Crippen molar-refractivity contribution in [3.05, 3.63) is 87.8 Å².